The van der Waals surface area contributed by atoms with Gasteiger partial charge in [0.2, 0.25) is 6.39 Å². The van der Waals surface area contributed by atoms with Crippen LogP contribution in [-0.2, 0) is 13.1 Å². The summed E-state index contributed by atoms with van der Waals surface area (Å²) in [5.74, 6) is 0.538. The molecule has 0 bridgehead atoms. The van der Waals surface area contributed by atoms with Crippen molar-refractivity contribution in [2.45, 2.75) is 13.1 Å². The molecule has 0 atom stereocenters. The predicted octanol–water partition coefficient (Wildman–Crippen LogP) is -0.151. The first-order chi connectivity index (χ1) is 8.81. The lowest BCUT2D eigenvalue weighted by atomic mass is 10.2. The lowest BCUT2D eigenvalue weighted by Gasteiger charge is -2.07. The van der Waals surface area contributed by atoms with E-state index in [9.17, 15) is 0 Å². The van der Waals surface area contributed by atoms with Crippen molar-refractivity contribution in [3.05, 3.63) is 41.8 Å². The molecule has 0 unspecified atom stereocenters. The smallest absolute Gasteiger partial charge is 0.213 e. The Hall–Kier alpha value is -2.48. The molecule has 94 valence electrons. The van der Waals surface area contributed by atoms with Crippen LogP contribution < -0.4 is 11.1 Å². The van der Waals surface area contributed by atoms with E-state index in [2.05, 4.69) is 30.1 Å². The minimum absolute atomic E-state index is 0.0213. The predicted molar refractivity (Wildman–Crippen MR) is 61.6 cm³/mol. The highest BCUT2D eigenvalue weighted by Crippen LogP contribution is 2.05. The number of oxime groups is 1. The van der Waals surface area contributed by atoms with E-state index >= 15 is 0 Å². The molecule has 0 fully saturated rings. The third-order valence-electron chi connectivity index (χ3n) is 2.25. The molecule has 0 aliphatic heterocycles. The molecule has 8 heteroatoms. The normalized spacial score (nSPS) is 11.7. The van der Waals surface area contributed by atoms with E-state index in [1.807, 2.05) is 6.07 Å². The maximum Gasteiger partial charge on any atom is 0.213 e. The van der Waals surface area contributed by atoms with E-state index < -0.39 is 0 Å². The highest BCUT2D eigenvalue weighted by Gasteiger charge is 2.08. The van der Waals surface area contributed by atoms with E-state index in [4.69, 9.17) is 10.9 Å². The van der Waals surface area contributed by atoms with Crippen molar-refractivity contribution in [1.29, 1.82) is 0 Å². The summed E-state index contributed by atoms with van der Waals surface area (Å²) in [5, 5.41) is 18.4. The first-order valence-electron chi connectivity index (χ1n) is 5.19. The molecule has 4 N–H and O–H groups in total. The molecule has 0 aliphatic rings. The molecule has 18 heavy (non-hydrogen) atoms. The van der Waals surface area contributed by atoms with Gasteiger partial charge < -0.3 is 20.8 Å². The Morgan fingerprint density at radius 2 is 2.33 bits per heavy atom. The number of hydrogen-bond acceptors (Lipinski definition) is 7. The number of amidine groups is 1. The molecule has 2 aromatic rings. The lowest BCUT2D eigenvalue weighted by Crippen LogP contribution is -2.21. The molecular formula is C10H12N6O2. The first kappa shape index (κ1) is 12.0. The molecule has 0 saturated carbocycles. The van der Waals surface area contributed by atoms with Gasteiger partial charge in [-0.15, -0.1) is 0 Å². The summed E-state index contributed by atoms with van der Waals surface area (Å²) in [6, 6.07) is 3.61. The second-order valence-electron chi connectivity index (χ2n) is 3.45. The Morgan fingerprint density at radius 3 is 3.06 bits per heavy atom. The number of nitrogens with two attached hydrogens (primary N) is 1. The highest BCUT2D eigenvalue weighted by atomic mass is 16.5. The van der Waals surface area contributed by atoms with Gasteiger partial charge in [0.1, 0.15) is 5.69 Å². The van der Waals surface area contributed by atoms with Gasteiger partial charge in [-0.25, -0.2) is 0 Å². The summed E-state index contributed by atoms with van der Waals surface area (Å²) in [6.45, 7) is 0.953. The first-order valence-corrected chi connectivity index (χ1v) is 5.19. The van der Waals surface area contributed by atoms with Crippen LogP contribution in [0.4, 0.5) is 0 Å². The van der Waals surface area contributed by atoms with Gasteiger partial charge in [0.25, 0.3) is 0 Å². The van der Waals surface area contributed by atoms with Gasteiger partial charge in [0.05, 0.1) is 6.54 Å². The van der Waals surface area contributed by atoms with Crippen molar-refractivity contribution in [2.24, 2.45) is 10.9 Å². The molecule has 2 aromatic heterocycles. The Morgan fingerprint density at radius 1 is 1.44 bits per heavy atom. The standard InChI is InChI=1S/C10H12N6O2/c11-10(15-17)9-7(2-1-3-13-9)4-12-5-8-14-6-18-16-8/h1-3,6,12,17H,4-5H2,(H2,11,15). The fraction of sp³-hybridized carbons (Fsp3) is 0.200. The van der Waals surface area contributed by atoms with Crippen molar-refractivity contribution < 1.29 is 9.73 Å². The topological polar surface area (TPSA) is 122 Å². The van der Waals surface area contributed by atoms with E-state index in [-0.39, 0.29) is 5.84 Å². The molecule has 2 heterocycles. The number of nitrogens with zero attached hydrogens (tertiary/aromatic N) is 4. The molecule has 0 radical (unpaired) electrons. The van der Waals surface area contributed by atoms with E-state index in [1.54, 1.807) is 12.3 Å². The second kappa shape index (κ2) is 5.73. The Labute approximate surface area is 103 Å². The maximum absolute atomic E-state index is 8.66. The van der Waals surface area contributed by atoms with Crippen LogP contribution in [0.1, 0.15) is 17.1 Å². The molecule has 0 aromatic carbocycles. The molecule has 0 saturated heterocycles. The van der Waals surface area contributed by atoms with Gasteiger partial charge in [-0.3, -0.25) is 4.98 Å². The van der Waals surface area contributed by atoms with Gasteiger partial charge in [-0.2, -0.15) is 4.98 Å². The van der Waals surface area contributed by atoms with E-state index in [1.165, 1.54) is 6.39 Å². The van der Waals surface area contributed by atoms with Crippen molar-refractivity contribution in [1.82, 2.24) is 20.4 Å². The van der Waals surface area contributed by atoms with Crippen LogP contribution in [0.2, 0.25) is 0 Å². The summed E-state index contributed by atoms with van der Waals surface area (Å²) >= 11 is 0. The number of nitrogens with one attached hydrogen (secondary N) is 1. The average Bonchev–Trinajstić information content (AvgIpc) is 2.92. The zero-order valence-electron chi connectivity index (χ0n) is 9.45. The van der Waals surface area contributed by atoms with Crippen LogP contribution >= 0.6 is 0 Å². The molecule has 0 aliphatic carbocycles. The van der Waals surface area contributed by atoms with Crippen molar-refractivity contribution in [2.75, 3.05) is 0 Å². The third kappa shape index (κ3) is 2.80. The van der Waals surface area contributed by atoms with Gasteiger partial charge >= 0.3 is 0 Å². The molecule has 0 amide bonds. The van der Waals surface area contributed by atoms with Gasteiger partial charge in [-0.05, 0) is 11.6 Å². The summed E-state index contributed by atoms with van der Waals surface area (Å²) < 4.78 is 4.61. The zero-order chi connectivity index (χ0) is 12.8. The molecule has 2 rings (SSSR count). The highest BCUT2D eigenvalue weighted by molar-refractivity contribution is 5.96. The van der Waals surface area contributed by atoms with Gasteiger partial charge in [-0.1, -0.05) is 16.4 Å². The number of hydrogen-bond donors (Lipinski definition) is 3. The summed E-state index contributed by atoms with van der Waals surface area (Å²) in [6.07, 6.45) is 2.85. The number of pyridine rings is 1. The summed E-state index contributed by atoms with van der Waals surface area (Å²) in [4.78, 5) is 7.94. The fourth-order valence-corrected chi connectivity index (χ4v) is 1.44. The van der Waals surface area contributed by atoms with Crippen LogP contribution in [0.3, 0.4) is 0 Å². The summed E-state index contributed by atoms with van der Waals surface area (Å²) in [7, 11) is 0. The maximum atomic E-state index is 8.66. The van der Waals surface area contributed by atoms with E-state index in [0.717, 1.165) is 5.56 Å². The van der Waals surface area contributed by atoms with Crippen LogP contribution in [0.5, 0.6) is 0 Å². The van der Waals surface area contributed by atoms with Crippen LogP contribution in [0.15, 0.2) is 34.4 Å². The fourth-order valence-electron chi connectivity index (χ4n) is 1.44. The largest absolute Gasteiger partial charge is 0.409 e. The number of rotatable bonds is 5. The third-order valence-corrected chi connectivity index (χ3v) is 2.25. The van der Waals surface area contributed by atoms with E-state index in [0.29, 0.717) is 24.6 Å². The second-order valence-corrected chi connectivity index (χ2v) is 3.45. The minimum atomic E-state index is -0.0213. The monoisotopic (exact) mass is 248 g/mol. The summed E-state index contributed by atoms with van der Waals surface area (Å²) in [5.41, 5.74) is 6.79. The van der Waals surface area contributed by atoms with Gasteiger partial charge in [0, 0.05) is 12.7 Å². The Kier molecular flexibility index (Phi) is 3.82. The molecule has 8 nitrogen and oxygen atoms in total. The minimum Gasteiger partial charge on any atom is -0.409 e. The van der Waals surface area contributed by atoms with Gasteiger partial charge in [0.15, 0.2) is 11.7 Å². The Bertz CT molecular complexity index is 525. The number of aromatic nitrogens is 3. The van der Waals surface area contributed by atoms with Crippen molar-refractivity contribution in [3.8, 4) is 0 Å². The SMILES string of the molecule is N/C(=N/O)c1ncccc1CNCc1ncon1. The van der Waals surface area contributed by atoms with Crippen molar-refractivity contribution >= 4 is 5.84 Å². The lowest BCUT2D eigenvalue weighted by molar-refractivity contribution is 0.318. The molecule has 0 spiro atoms. The average molecular weight is 248 g/mol. The quantitative estimate of drug-likeness (QED) is 0.291. The van der Waals surface area contributed by atoms with Crippen LogP contribution in [0, 0.1) is 0 Å². The van der Waals surface area contributed by atoms with Crippen LogP contribution in [-0.4, -0.2) is 26.2 Å². The van der Waals surface area contributed by atoms with Crippen molar-refractivity contribution in [3.63, 3.8) is 0 Å². The zero-order valence-corrected chi connectivity index (χ0v) is 9.45. The molecular weight excluding hydrogens is 236 g/mol. The Balaban J connectivity index is 2.01. The van der Waals surface area contributed by atoms with Crippen LogP contribution in [0.25, 0.3) is 0 Å².